The van der Waals surface area contributed by atoms with Gasteiger partial charge in [0.25, 0.3) is 11.7 Å². The third kappa shape index (κ3) is 5.60. The molecule has 176 valence electrons. The number of aliphatic hydroxyl groups is 1. The van der Waals surface area contributed by atoms with Crippen molar-refractivity contribution >= 4 is 17.4 Å². The molecule has 2 aromatic rings. The Morgan fingerprint density at radius 2 is 1.85 bits per heavy atom. The van der Waals surface area contributed by atoms with Gasteiger partial charge in [-0.2, -0.15) is 0 Å². The van der Waals surface area contributed by atoms with Gasteiger partial charge >= 0.3 is 0 Å². The average Bonchev–Trinajstić information content (AvgIpc) is 3.08. The fraction of sp³-hybridized carbons (Fsp3) is 0.423. The second-order valence-corrected chi connectivity index (χ2v) is 8.53. The van der Waals surface area contributed by atoms with Gasteiger partial charge in [-0.05, 0) is 54.9 Å². The highest BCUT2D eigenvalue weighted by atomic mass is 16.5. The van der Waals surface area contributed by atoms with Gasteiger partial charge in [-0.15, -0.1) is 0 Å². The number of ether oxygens (including phenoxy) is 1. The first-order valence-corrected chi connectivity index (χ1v) is 11.5. The van der Waals surface area contributed by atoms with E-state index in [2.05, 4.69) is 37.6 Å². The molecule has 7 heteroatoms. The molecule has 7 nitrogen and oxygen atoms in total. The van der Waals surface area contributed by atoms with Crippen LogP contribution in [0.3, 0.4) is 0 Å². The summed E-state index contributed by atoms with van der Waals surface area (Å²) < 4.78 is 5.71. The smallest absolute Gasteiger partial charge is 0.295 e. The van der Waals surface area contributed by atoms with Crippen molar-refractivity contribution in [3.63, 3.8) is 0 Å². The Morgan fingerprint density at radius 1 is 1.15 bits per heavy atom. The molecule has 1 unspecified atom stereocenters. The summed E-state index contributed by atoms with van der Waals surface area (Å²) in [6.45, 7) is 11.6. The van der Waals surface area contributed by atoms with Crippen LogP contribution in [0.25, 0.3) is 5.76 Å². The quantitative estimate of drug-likeness (QED) is 0.335. The van der Waals surface area contributed by atoms with Crippen LogP contribution in [0.2, 0.25) is 0 Å². The molecule has 0 saturated carbocycles. The summed E-state index contributed by atoms with van der Waals surface area (Å²) in [5.74, 6) is -0.396. The molecule has 1 atom stereocenters. The highest BCUT2D eigenvalue weighted by molar-refractivity contribution is 6.46. The standard InChI is InChI=1S/C26H33N3O4/c1-5-28(6-2)14-15-29-23(20-8-7-13-27-16-20)22(25(31)26(29)32)24(30)19-9-11-21(12-10-19)33-17-18(3)4/h7-13,16,18,23,30H,5-6,14-15,17H2,1-4H3. The molecule has 33 heavy (non-hydrogen) atoms. The van der Waals surface area contributed by atoms with Crippen LogP contribution in [0.1, 0.15) is 44.9 Å². The molecular formula is C26H33N3O4. The number of aromatic nitrogens is 1. The molecule has 1 N–H and O–H groups in total. The zero-order chi connectivity index (χ0) is 24.0. The van der Waals surface area contributed by atoms with E-state index in [1.54, 1.807) is 47.6 Å². The van der Waals surface area contributed by atoms with Crippen molar-refractivity contribution in [1.29, 1.82) is 0 Å². The molecule has 0 aliphatic carbocycles. The predicted octanol–water partition coefficient (Wildman–Crippen LogP) is 3.88. The molecular weight excluding hydrogens is 418 g/mol. The maximum atomic E-state index is 13.1. The summed E-state index contributed by atoms with van der Waals surface area (Å²) in [5.41, 5.74) is 1.24. The Hall–Kier alpha value is -3.19. The number of ketones is 1. The number of carbonyl (C=O) groups is 2. The number of aliphatic hydroxyl groups excluding tert-OH is 1. The number of hydrogen-bond donors (Lipinski definition) is 1. The molecule has 0 spiro atoms. The van der Waals surface area contributed by atoms with E-state index in [1.165, 1.54) is 0 Å². The van der Waals surface area contributed by atoms with Gasteiger partial charge in [0.1, 0.15) is 11.5 Å². The number of carbonyl (C=O) groups excluding carboxylic acids is 2. The van der Waals surface area contributed by atoms with Crippen LogP contribution >= 0.6 is 0 Å². The molecule has 1 aliphatic heterocycles. The minimum atomic E-state index is -0.689. The number of nitrogens with zero attached hydrogens (tertiary/aromatic N) is 3. The minimum Gasteiger partial charge on any atom is -0.507 e. The van der Waals surface area contributed by atoms with E-state index in [4.69, 9.17) is 4.74 Å². The van der Waals surface area contributed by atoms with Gasteiger partial charge in [-0.1, -0.05) is 33.8 Å². The summed E-state index contributed by atoms with van der Waals surface area (Å²) in [4.78, 5) is 34.0. The summed E-state index contributed by atoms with van der Waals surface area (Å²) in [7, 11) is 0. The fourth-order valence-electron chi connectivity index (χ4n) is 3.91. The maximum Gasteiger partial charge on any atom is 0.295 e. The van der Waals surface area contributed by atoms with Crippen molar-refractivity contribution in [2.75, 3.05) is 32.8 Å². The van der Waals surface area contributed by atoms with Crippen molar-refractivity contribution in [3.05, 3.63) is 65.5 Å². The molecule has 2 heterocycles. The maximum absolute atomic E-state index is 13.1. The van der Waals surface area contributed by atoms with Gasteiger partial charge in [0.2, 0.25) is 0 Å². The van der Waals surface area contributed by atoms with E-state index in [1.807, 2.05) is 6.07 Å². The van der Waals surface area contributed by atoms with Gasteiger partial charge in [-0.25, -0.2) is 0 Å². The molecule has 0 bridgehead atoms. The van der Waals surface area contributed by atoms with Gasteiger partial charge in [0.05, 0.1) is 18.2 Å². The van der Waals surface area contributed by atoms with Crippen molar-refractivity contribution in [3.8, 4) is 5.75 Å². The van der Waals surface area contributed by atoms with Crippen molar-refractivity contribution < 1.29 is 19.4 Å². The third-order valence-electron chi connectivity index (χ3n) is 5.80. The SMILES string of the molecule is CCN(CC)CCN1C(=O)C(=O)C(=C(O)c2ccc(OCC(C)C)cc2)C1c1cccnc1. The van der Waals surface area contributed by atoms with Crippen molar-refractivity contribution in [2.24, 2.45) is 5.92 Å². The number of rotatable bonds is 10. The van der Waals surface area contributed by atoms with Crippen molar-refractivity contribution in [1.82, 2.24) is 14.8 Å². The molecule has 1 aliphatic rings. The number of pyridine rings is 1. The lowest BCUT2D eigenvalue weighted by molar-refractivity contribution is -0.140. The van der Waals surface area contributed by atoms with Crippen LogP contribution in [0.5, 0.6) is 5.75 Å². The largest absolute Gasteiger partial charge is 0.507 e. The Balaban J connectivity index is 1.98. The first-order chi connectivity index (χ1) is 15.9. The number of hydrogen-bond acceptors (Lipinski definition) is 6. The van der Waals surface area contributed by atoms with Crippen LogP contribution in [0.15, 0.2) is 54.4 Å². The first-order valence-electron chi connectivity index (χ1n) is 11.5. The monoisotopic (exact) mass is 451 g/mol. The number of likely N-dealkylation sites (N-methyl/N-ethyl adjacent to an activating group) is 1. The predicted molar refractivity (Wildman–Crippen MR) is 128 cm³/mol. The minimum absolute atomic E-state index is 0.0865. The van der Waals surface area contributed by atoms with Crippen LogP contribution in [0.4, 0.5) is 0 Å². The van der Waals surface area contributed by atoms with Gasteiger partial charge in [0, 0.05) is 31.0 Å². The summed E-state index contributed by atoms with van der Waals surface area (Å²) >= 11 is 0. The molecule has 1 amide bonds. The van der Waals surface area contributed by atoms with E-state index in [9.17, 15) is 14.7 Å². The summed E-state index contributed by atoms with van der Waals surface area (Å²) in [6, 6.07) is 9.82. The fourth-order valence-corrected chi connectivity index (χ4v) is 3.91. The van der Waals surface area contributed by atoms with Crippen molar-refractivity contribution in [2.45, 2.75) is 33.7 Å². The summed E-state index contributed by atoms with van der Waals surface area (Å²) in [6.07, 6.45) is 3.28. The Morgan fingerprint density at radius 3 is 2.42 bits per heavy atom. The van der Waals surface area contributed by atoms with Crippen LogP contribution < -0.4 is 4.74 Å². The zero-order valence-corrected chi connectivity index (χ0v) is 19.8. The lowest BCUT2D eigenvalue weighted by atomic mass is 9.96. The van der Waals surface area contributed by atoms with Crippen LogP contribution in [0, 0.1) is 5.92 Å². The van der Waals surface area contributed by atoms with Crippen LogP contribution in [-0.4, -0.2) is 64.4 Å². The Labute approximate surface area is 195 Å². The highest BCUT2D eigenvalue weighted by Gasteiger charge is 2.46. The Bertz CT molecular complexity index is 982. The number of benzene rings is 1. The second kappa shape index (κ2) is 11.1. The number of likely N-dealkylation sites (tertiary alicyclic amines) is 1. The molecule has 1 aromatic carbocycles. The molecule has 3 rings (SSSR count). The topological polar surface area (TPSA) is 83.0 Å². The highest BCUT2D eigenvalue weighted by Crippen LogP contribution is 2.39. The Kier molecular flexibility index (Phi) is 8.22. The molecule has 1 aromatic heterocycles. The van der Waals surface area contributed by atoms with Gasteiger partial charge < -0.3 is 19.6 Å². The zero-order valence-electron chi connectivity index (χ0n) is 19.8. The normalized spacial score (nSPS) is 17.9. The average molecular weight is 452 g/mol. The molecule has 1 fully saturated rings. The number of Topliss-reactive ketones (excluding diaryl/α,β-unsaturated/α-hetero) is 1. The second-order valence-electron chi connectivity index (χ2n) is 8.53. The lowest BCUT2D eigenvalue weighted by Crippen LogP contribution is -2.38. The number of amides is 1. The van der Waals surface area contributed by atoms with E-state index in [0.717, 1.165) is 13.1 Å². The summed E-state index contributed by atoms with van der Waals surface area (Å²) in [5, 5.41) is 11.1. The molecule has 1 saturated heterocycles. The van der Waals surface area contributed by atoms with Crippen LogP contribution in [-0.2, 0) is 9.59 Å². The molecule has 0 radical (unpaired) electrons. The van der Waals surface area contributed by atoms with E-state index >= 15 is 0 Å². The third-order valence-corrected chi connectivity index (χ3v) is 5.80. The van der Waals surface area contributed by atoms with E-state index in [-0.39, 0.29) is 11.3 Å². The van der Waals surface area contributed by atoms with E-state index in [0.29, 0.717) is 42.5 Å². The van der Waals surface area contributed by atoms with E-state index < -0.39 is 17.7 Å². The lowest BCUT2D eigenvalue weighted by Gasteiger charge is -2.28. The van der Waals surface area contributed by atoms with Gasteiger partial charge in [0.15, 0.2) is 0 Å². The van der Waals surface area contributed by atoms with Gasteiger partial charge in [-0.3, -0.25) is 14.6 Å². The first kappa shape index (κ1) is 24.5.